The molecule has 0 bridgehead atoms. The summed E-state index contributed by atoms with van der Waals surface area (Å²) in [6.45, 7) is 0.727. The van der Waals surface area contributed by atoms with Crippen LogP contribution in [0.25, 0.3) is 0 Å². The third-order valence-electron chi connectivity index (χ3n) is 5.36. The number of carbonyl (C=O) groups is 1. The lowest BCUT2D eigenvalue weighted by Crippen LogP contribution is -2.32. The van der Waals surface area contributed by atoms with E-state index in [1.165, 1.54) is 12.1 Å². The van der Waals surface area contributed by atoms with Crippen molar-refractivity contribution in [2.75, 3.05) is 5.32 Å². The summed E-state index contributed by atoms with van der Waals surface area (Å²) in [5.41, 5.74) is 1.77. The van der Waals surface area contributed by atoms with Gasteiger partial charge in [0.1, 0.15) is 12.4 Å². The maximum absolute atomic E-state index is 12.7. The van der Waals surface area contributed by atoms with Crippen LogP contribution in [0, 0.1) is 0 Å². The van der Waals surface area contributed by atoms with Gasteiger partial charge in [-0.15, -0.1) is 0 Å². The van der Waals surface area contributed by atoms with Crippen LogP contribution in [-0.4, -0.2) is 20.4 Å². The molecule has 1 aliphatic rings. The highest BCUT2D eigenvalue weighted by atomic mass is 32.2. The Balaban J connectivity index is 1.39. The molecule has 1 heterocycles. The Morgan fingerprint density at radius 2 is 1.81 bits per heavy atom. The number of rotatable bonds is 9. The number of benzene rings is 2. The van der Waals surface area contributed by atoms with Crippen molar-refractivity contribution in [1.29, 1.82) is 0 Å². The number of hydrogen-bond donors (Lipinski definition) is 2. The maximum atomic E-state index is 12.7. The fourth-order valence-electron chi connectivity index (χ4n) is 3.74. The van der Waals surface area contributed by atoms with Crippen molar-refractivity contribution in [3.8, 4) is 0 Å². The zero-order valence-electron chi connectivity index (χ0n) is 17.6. The first kappa shape index (κ1) is 22.3. The van der Waals surface area contributed by atoms with Crippen molar-refractivity contribution < 1.29 is 22.4 Å². The van der Waals surface area contributed by atoms with Crippen molar-refractivity contribution in [1.82, 2.24) is 4.72 Å². The van der Waals surface area contributed by atoms with E-state index in [1.54, 1.807) is 30.5 Å². The molecule has 1 aliphatic carbocycles. The standard InChI is InChI=1S/C24H26N2O5S/c27-24(19-7-4-12-23(15-19)32(28,29)26-20-8-1-2-9-20)25-21-10-3-6-18(14-21)16-30-17-22-11-5-13-31-22/h3-7,10-15,20,26H,1-2,8-9,16-17H2,(H,25,27). The number of ether oxygens (including phenoxy) is 1. The molecule has 168 valence electrons. The molecule has 0 saturated heterocycles. The van der Waals surface area contributed by atoms with Gasteiger partial charge in [-0.2, -0.15) is 0 Å². The Morgan fingerprint density at radius 3 is 2.59 bits per heavy atom. The molecule has 0 spiro atoms. The van der Waals surface area contributed by atoms with Gasteiger partial charge in [-0.1, -0.05) is 31.0 Å². The van der Waals surface area contributed by atoms with Gasteiger partial charge in [0.15, 0.2) is 0 Å². The van der Waals surface area contributed by atoms with Crippen LogP contribution >= 0.6 is 0 Å². The first-order chi connectivity index (χ1) is 15.5. The molecule has 0 atom stereocenters. The van der Waals surface area contributed by atoms with Gasteiger partial charge in [-0.25, -0.2) is 13.1 Å². The lowest BCUT2D eigenvalue weighted by Gasteiger charge is -2.13. The minimum Gasteiger partial charge on any atom is -0.467 e. The smallest absolute Gasteiger partial charge is 0.255 e. The van der Waals surface area contributed by atoms with Gasteiger partial charge < -0.3 is 14.5 Å². The van der Waals surface area contributed by atoms with Gasteiger partial charge in [0, 0.05) is 17.3 Å². The molecule has 2 N–H and O–H groups in total. The van der Waals surface area contributed by atoms with E-state index in [1.807, 2.05) is 24.3 Å². The van der Waals surface area contributed by atoms with Crippen LogP contribution < -0.4 is 10.0 Å². The Labute approximate surface area is 187 Å². The van der Waals surface area contributed by atoms with Crippen molar-refractivity contribution in [3.05, 3.63) is 83.8 Å². The normalized spacial score (nSPS) is 14.5. The van der Waals surface area contributed by atoms with E-state index in [4.69, 9.17) is 9.15 Å². The second-order valence-corrected chi connectivity index (χ2v) is 9.57. The summed E-state index contributed by atoms with van der Waals surface area (Å²) >= 11 is 0. The van der Waals surface area contributed by atoms with Crippen LogP contribution in [0.4, 0.5) is 5.69 Å². The first-order valence-corrected chi connectivity index (χ1v) is 12.1. The minimum absolute atomic E-state index is 0.0322. The molecule has 32 heavy (non-hydrogen) atoms. The molecule has 0 unspecified atom stereocenters. The maximum Gasteiger partial charge on any atom is 0.255 e. The van der Waals surface area contributed by atoms with E-state index >= 15 is 0 Å². The number of carbonyl (C=O) groups excluding carboxylic acids is 1. The average Bonchev–Trinajstić information content (AvgIpc) is 3.48. The third kappa shape index (κ3) is 5.85. The van der Waals surface area contributed by atoms with Gasteiger partial charge in [-0.3, -0.25) is 4.79 Å². The number of amides is 1. The summed E-state index contributed by atoms with van der Waals surface area (Å²) in [5.74, 6) is 0.364. The first-order valence-electron chi connectivity index (χ1n) is 10.6. The van der Waals surface area contributed by atoms with Gasteiger partial charge in [-0.05, 0) is 60.9 Å². The van der Waals surface area contributed by atoms with Gasteiger partial charge in [0.25, 0.3) is 5.91 Å². The molecule has 0 aliphatic heterocycles. The third-order valence-corrected chi connectivity index (χ3v) is 6.88. The summed E-state index contributed by atoms with van der Waals surface area (Å²) in [7, 11) is -3.66. The van der Waals surface area contributed by atoms with Crippen LogP contribution in [0.2, 0.25) is 0 Å². The number of nitrogens with one attached hydrogen (secondary N) is 2. The molecule has 2 aromatic carbocycles. The highest BCUT2D eigenvalue weighted by molar-refractivity contribution is 7.89. The predicted octanol–water partition coefficient (Wildman–Crippen LogP) is 4.47. The summed E-state index contributed by atoms with van der Waals surface area (Å²) in [4.78, 5) is 12.8. The fourth-order valence-corrected chi connectivity index (χ4v) is 5.09. The number of anilines is 1. The summed E-state index contributed by atoms with van der Waals surface area (Å²) < 4.78 is 39.0. The second-order valence-electron chi connectivity index (χ2n) is 7.86. The Morgan fingerprint density at radius 1 is 1.00 bits per heavy atom. The van der Waals surface area contributed by atoms with Gasteiger partial charge in [0.05, 0.1) is 17.8 Å². The SMILES string of the molecule is O=C(Nc1cccc(COCc2ccco2)c1)c1cccc(S(=O)(=O)NC2CCCC2)c1. The fraction of sp³-hybridized carbons (Fsp3) is 0.292. The Hall–Kier alpha value is -2.94. The highest BCUT2D eigenvalue weighted by Crippen LogP contribution is 2.21. The predicted molar refractivity (Wildman–Crippen MR) is 121 cm³/mol. The van der Waals surface area contributed by atoms with E-state index in [2.05, 4.69) is 10.0 Å². The molecule has 1 amide bonds. The van der Waals surface area contributed by atoms with Gasteiger partial charge >= 0.3 is 0 Å². The van der Waals surface area contributed by atoms with Gasteiger partial charge in [0.2, 0.25) is 10.0 Å². The molecule has 1 fully saturated rings. The molecule has 4 rings (SSSR count). The lowest BCUT2D eigenvalue weighted by molar-refractivity contribution is 0.0929. The molecule has 8 heteroatoms. The van der Waals surface area contributed by atoms with Crippen LogP contribution in [0.1, 0.15) is 47.4 Å². The zero-order valence-corrected chi connectivity index (χ0v) is 18.4. The van der Waals surface area contributed by atoms with Crippen LogP contribution in [0.5, 0.6) is 0 Å². The monoisotopic (exact) mass is 454 g/mol. The van der Waals surface area contributed by atoms with E-state index < -0.39 is 10.0 Å². The molecule has 1 aromatic heterocycles. The quantitative estimate of drug-likeness (QED) is 0.497. The topological polar surface area (TPSA) is 97.6 Å². The molecule has 7 nitrogen and oxygen atoms in total. The molecular formula is C24H26N2O5S. The van der Waals surface area contributed by atoms with E-state index in [-0.39, 0.29) is 22.4 Å². The number of hydrogen-bond acceptors (Lipinski definition) is 5. The van der Waals surface area contributed by atoms with Crippen LogP contribution in [0.15, 0.2) is 76.2 Å². The second kappa shape index (κ2) is 10.1. The molecular weight excluding hydrogens is 428 g/mol. The zero-order chi connectivity index (χ0) is 22.4. The van der Waals surface area contributed by atoms with Crippen molar-refractivity contribution in [2.24, 2.45) is 0 Å². The van der Waals surface area contributed by atoms with E-state index in [9.17, 15) is 13.2 Å². The largest absolute Gasteiger partial charge is 0.467 e. The lowest BCUT2D eigenvalue weighted by atomic mass is 10.2. The van der Waals surface area contributed by atoms with E-state index in [0.717, 1.165) is 37.0 Å². The molecule has 1 saturated carbocycles. The summed E-state index contributed by atoms with van der Waals surface area (Å²) in [6.07, 6.45) is 5.35. The van der Waals surface area contributed by atoms with Crippen LogP contribution in [0.3, 0.4) is 0 Å². The summed E-state index contributed by atoms with van der Waals surface area (Å²) in [6, 6.07) is 17.0. The van der Waals surface area contributed by atoms with Crippen molar-refractivity contribution in [3.63, 3.8) is 0 Å². The summed E-state index contributed by atoms with van der Waals surface area (Å²) in [5, 5.41) is 2.83. The van der Waals surface area contributed by atoms with E-state index in [0.29, 0.717) is 18.9 Å². The number of furan rings is 1. The molecule has 3 aromatic rings. The Bertz CT molecular complexity index is 1150. The minimum atomic E-state index is -3.66. The Kier molecular flexibility index (Phi) is 7.04. The van der Waals surface area contributed by atoms with Crippen LogP contribution in [-0.2, 0) is 28.0 Å². The van der Waals surface area contributed by atoms with Crippen molar-refractivity contribution in [2.45, 2.75) is 49.8 Å². The number of sulfonamides is 1. The highest BCUT2D eigenvalue weighted by Gasteiger charge is 2.23. The average molecular weight is 455 g/mol. The molecule has 0 radical (unpaired) electrons. The van der Waals surface area contributed by atoms with Crippen molar-refractivity contribution >= 4 is 21.6 Å².